The molecule has 0 saturated carbocycles. The fourth-order valence-electron chi connectivity index (χ4n) is 2.06. The Bertz CT molecular complexity index is 757. The number of nitrogens with zero attached hydrogens (tertiary/aromatic N) is 2. The molecule has 0 fully saturated rings. The first-order valence-corrected chi connectivity index (χ1v) is 6.32. The highest BCUT2D eigenvalue weighted by atomic mass is 16.5. The highest BCUT2D eigenvalue weighted by Crippen LogP contribution is 2.32. The molecule has 0 N–H and O–H groups in total. The van der Waals surface area contributed by atoms with Crippen molar-refractivity contribution in [3.63, 3.8) is 0 Å². The molecule has 4 heteroatoms. The van der Waals surface area contributed by atoms with Crippen molar-refractivity contribution in [2.45, 2.75) is 6.42 Å². The number of benzene rings is 1. The van der Waals surface area contributed by atoms with Crippen LogP contribution in [-0.2, 0) is 6.42 Å². The van der Waals surface area contributed by atoms with E-state index >= 15 is 0 Å². The van der Waals surface area contributed by atoms with Crippen molar-refractivity contribution in [1.29, 1.82) is 5.26 Å². The average molecular weight is 264 g/mol. The van der Waals surface area contributed by atoms with E-state index in [2.05, 4.69) is 4.98 Å². The van der Waals surface area contributed by atoms with Gasteiger partial charge in [0.1, 0.15) is 11.7 Å². The number of aromatic nitrogens is 1. The number of pyridine rings is 1. The molecule has 0 aliphatic carbocycles. The lowest BCUT2D eigenvalue weighted by atomic mass is 10.2. The summed E-state index contributed by atoms with van der Waals surface area (Å²) in [6.07, 6.45) is 4.26. The fourth-order valence-corrected chi connectivity index (χ4v) is 2.06. The Morgan fingerprint density at radius 3 is 2.75 bits per heavy atom. The predicted octanol–water partition coefficient (Wildman–Crippen LogP) is 3.32. The number of nitriles is 1. The van der Waals surface area contributed by atoms with Crippen molar-refractivity contribution in [3.8, 4) is 11.8 Å². The van der Waals surface area contributed by atoms with Gasteiger partial charge in [-0.05, 0) is 29.8 Å². The number of rotatable bonds is 4. The molecule has 2 heterocycles. The maximum absolute atomic E-state index is 9.10. The molecule has 98 valence electrons. The van der Waals surface area contributed by atoms with E-state index in [1.54, 1.807) is 12.4 Å². The second kappa shape index (κ2) is 5.45. The van der Waals surface area contributed by atoms with Gasteiger partial charge in [0.15, 0.2) is 5.75 Å². The van der Waals surface area contributed by atoms with Gasteiger partial charge in [-0.15, -0.1) is 0 Å². The van der Waals surface area contributed by atoms with Crippen LogP contribution in [0.15, 0.2) is 53.2 Å². The van der Waals surface area contributed by atoms with Gasteiger partial charge < -0.3 is 9.15 Å². The van der Waals surface area contributed by atoms with Gasteiger partial charge in [-0.3, -0.25) is 4.98 Å². The summed E-state index contributed by atoms with van der Waals surface area (Å²) in [7, 11) is 0. The number of fused-ring (bicyclic) bond motifs is 1. The van der Waals surface area contributed by atoms with Gasteiger partial charge in [-0.2, -0.15) is 5.26 Å². The van der Waals surface area contributed by atoms with Gasteiger partial charge in [0, 0.05) is 18.8 Å². The molecule has 0 atom stereocenters. The van der Waals surface area contributed by atoms with Gasteiger partial charge in [-0.25, -0.2) is 0 Å². The highest BCUT2D eigenvalue weighted by Gasteiger charge is 2.14. The first-order valence-electron chi connectivity index (χ1n) is 6.32. The van der Waals surface area contributed by atoms with E-state index in [4.69, 9.17) is 14.4 Å². The lowest BCUT2D eigenvalue weighted by Crippen LogP contribution is -2.01. The second-order valence-electron chi connectivity index (χ2n) is 4.32. The molecule has 1 aromatic carbocycles. The van der Waals surface area contributed by atoms with E-state index in [1.807, 2.05) is 42.5 Å². The molecular weight excluding hydrogens is 252 g/mol. The lowest BCUT2D eigenvalue weighted by molar-refractivity contribution is 0.319. The van der Waals surface area contributed by atoms with Crippen LogP contribution in [-0.4, -0.2) is 11.6 Å². The smallest absolute Gasteiger partial charge is 0.246 e. The maximum atomic E-state index is 9.10. The summed E-state index contributed by atoms with van der Waals surface area (Å²) < 4.78 is 11.2. The molecule has 0 aliphatic heterocycles. The van der Waals surface area contributed by atoms with Crippen molar-refractivity contribution in [1.82, 2.24) is 4.98 Å². The van der Waals surface area contributed by atoms with Crippen molar-refractivity contribution in [2.24, 2.45) is 0 Å². The minimum absolute atomic E-state index is 0.223. The summed E-state index contributed by atoms with van der Waals surface area (Å²) in [5.41, 5.74) is 1.81. The van der Waals surface area contributed by atoms with Gasteiger partial charge in [-0.1, -0.05) is 12.1 Å². The fraction of sp³-hybridized carbons (Fsp3) is 0.125. The zero-order valence-corrected chi connectivity index (χ0v) is 10.7. The van der Waals surface area contributed by atoms with E-state index in [1.165, 1.54) is 0 Å². The standard InChI is InChI=1S/C16H12N2O2/c17-11-15-16(13-3-1-2-4-14(13)20-15)19-10-7-12-5-8-18-9-6-12/h1-6,8-9H,7,10H2. The van der Waals surface area contributed by atoms with Gasteiger partial charge in [0.25, 0.3) is 0 Å². The monoisotopic (exact) mass is 264 g/mol. The molecular formula is C16H12N2O2. The molecule has 4 nitrogen and oxygen atoms in total. The Balaban J connectivity index is 1.79. The third kappa shape index (κ3) is 2.34. The SMILES string of the molecule is N#Cc1oc2ccccc2c1OCCc1ccncc1. The molecule has 0 radical (unpaired) electrons. The van der Waals surface area contributed by atoms with Gasteiger partial charge in [0.2, 0.25) is 5.76 Å². The number of hydrogen-bond donors (Lipinski definition) is 0. The number of ether oxygens (including phenoxy) is 1. The maximum Gasteiger partial charge on any atom is 0.246 e. The Morgan fingerprint density at radius 1 is 1.15 bits per heavy atom. The zero-order chi connectivity index (χ0) is 13.8. The van der Waals surface area contributed by atoms with E-state index < -0.39 is 0 Å². The van der Waals surface area contributed by atoms with E-state index in [0.29, 0.717) is 17.9 Å². The molecule has 0 bridgehead atoms. The first kappa shape index (κ1) is 12.2. The first-order chi connectivity index (χ1) is 9.88. The molecule has 0 saturated heterocycles. The van der Waals surface area contributed by atoms with Crippen LogP contribution in [0.1, 0.15) is 11.3 Å². The molecule has 3 aromatic rings. The Hall–Kier alpha value is -2.80. The molecule has 0 aliphatic rings. The third-order valence-corrected chi connectivity index (χ3v) is 3.04. The minimum Gasteiger partial charge on any atom is -0.488 e. The van der Waals surface area contributed by atoms with Gasteiger partial charge in [0.05, 0.1) is 12.0 Å². The van der Waals surface area contributed by atoms with Crippen LogP contribution in [0.2, 0.25) is 0 Å². The van der Waals surface area contributed by atoms with Crippen molar-refractivity contribution in [2.75, 3.05) is 6.61 Å². The third-order valence-electron chi connectivity index (χ3n) is 3.04. The molecule has 3 rings (SSSR count). The number of hydrogen-bond acceptors (Lipinski definition) is 4. The summed E-state index contributed by atoms with van der Waals surface area (Å²) in [5.74, 6) is 0.748. The molecule has 0 unspecified atom stereocenters. The van der Waals surface area contributed by atoms with Crippen LogP contribution in [0.3, 0.4) is 0 Å². The van der Waals surface area contributed by atoms with Crippen LogP contribution in [0.4, 0.5) is 0 Å². The quantitative estimate of drug-likeness (QED) is 0.725. The molecule has 0 amide bonds. The van der Waals surface area contributed by atoms with E-state index in [9.17, 15) is 0 Å². The van der Waals surface area contributed by atoms with Crippen LogP contribution >= 0.6 is 0 Å². The Kier molecular flexibility index (Phi) is 3.34. The minimum atomic E-state index is 0.223. The molecule has 2 aromatic heterocycles. The van der Waals surface area contributed by atoms with Crippen molar-refractivity contribution >= 4 is 11.0 Å². The Labute approximate surface area is 116 Å². The summed E-state index contributed by atoms with van der Waals surface area (Å²) >= 11 is 0. The van der Waals surface area contributed by atoms with Crippen LogP contribution < -0.4 is 4.74 Å². The Morgan fingerprint density at radius 2 is 1.95 bits per heavy atom. The summed E-state index contributed by atoms with van der Waals surface area (Å²) in [5, 5.41) is 9.94. The highest BCUT2D eigenvalue weighted by molar-refractivity contribution is 5.86. The normalized spacial score (nSPS) is 10.3. The second-order valence-corrected chi connectivity index (χ2v) is 4.32. The van der Waals surface area contributed by atoms with E-state index in [-0.39, 0.29) is 5.76 Å². The lowest BCUT2D eigenvalue weighted by Gasteiger charge is -2.04. The average Bonchev–Trinajstić information content (AvgIpc) is 2.87. The van der Waals surface area contributed by atoms with Crippen LogP contribution in [0.25, 0.3) is 11.0 Å². The largest absolute Gasteiger partial charge is 0.488 e. The zero-order valence-electron chi connectivity index (χ0n) is 10.7. The van der Waals surface area contributed by atoms with Crippen LogP contribution in [0, 0.1) is 11.3 Å². The number of para-hydroxylation sites is 1. The molecule has 0 spiro atoms. The summed E-state index contributed by atoms with van der Waals surface area (Å²) in [6, 6.07) is 13.4. The summed E-state index contributed by atoms with van der Waals surface area (Å²) in [4.78, 5) is 3.97. The van der Waals surface area contributed by atoms with Crippen molar-refractivity contribution < 1.29 is 9.15 Å². The van der Waals surface area contributed by atoms with Crippen molar-refractivity contribution in [3.05, 3.63) is 60.1 Å². The van der Waals surface area contributed by atoms with E-state index in [0.717, 1.165) is 17.4 Å². The van der Waals surface area contributed by atoms with Gasteiger partial charge >= 0.3 is 0 Å². The predicted molar refractivity (Wildman–Crippen MR) is 74.4 cm³/mol. The topological polar surface area (TPSA) is 59.0 Å². The van der Waals surface area contributed by atoms with Crippen LogP contribution in [0.5, 0.6) is 5.75 Å². The summed E-state index contributed by atoms with van der Waals surface area (Å²) in [6.45, 7) is 0.488. The number of furan rings is 1. The molecule has 20 heavy (non-hydrogen) atoms.